The Morgan fingerprint density at radius 3 is 2.75 bits per heavy atom. The monoisotopic (exact) mass is 501 g/mol. The molecular weight excluding hydrogens is 473 g/mol. The Balaban J connectivity index is 0.00000280. The van der Waals surface area contributed by atoms with E-state index in [1.165, 1.54) is 0 Å². The number of nitrogens with two attached hydrogens (primary N) is 1. The van der Waals surface area contributed by atoms with Gasteiger partial charge in [0.1, 0.15) is 5.60 Å². The van der Waals surface area contributed by atoms with Gasteiger partial charge in [0.05, 0.1) is 12.6 Å². The van der Waals surface area contributed by atoms with Crippen molar-refractivity contribution in [2.75, 3.05) is 26.2 Å². The van der Waals surface area contributed by atoms with Gasteiger partial charge in [0, 0.05) is 31.7 Å². The predicted octanol–water partition coefficient (Wildman–Crippen LogP) is 1.78. The summed E-state index contributed by atoms with van der Waals surface area (Å²) in [7, 11) is 0. The summed E-state index contributed by atoms with van der Waals surface area (Å²) in [5.41, 5.74) is 6.29. The molecule has 28 heavy (non-hydrogen) atoms. The van der Waals surface area contributed by atoms with Gasteiger partial charge < -0.3 is 25.6 Å². The number of carbonyl (C=O) groups excluding carboxylic acids is 2. The maximum atomic E-state index is 12.3. The van der Waals surface area contributed by atoms with Crippen LogP contribution in [0.1, 0.15) is 36.7 Å². The van der Waals surface area contributed by atoms with Crippen LogP contribution in [-0.2, 0) is 11.3 Å². The lowest BCUT2D eigenvalue weighted by Gasteiger charge is -2.39. The summed E-state index contributed by atoms with van der Waals surface area (Å²) in [6.07, 6.45) is -0.271. The van der Waals surface area contributed by atoms with Crippen molar-refractivity contribution in [2.24, 2.45) is 10.7 Å². The minimum absolute atomic E-state index is 0. The number of benzene rings is 1. The number of guanidine groups is 1. The van der Waals surface area contributed by atoms with Crippen molar-refractivity contribution in [3.05, 3.63) is 35.4 Å². The first-order valence-corrected chi connectivity index (χ1v) is 9.14. The summed E-state index contributed by atoms with van der Waals surface area (Å²) in [6, 6.07) is 7.39. The first-order chi connectivity index (χ1) is 12.7. The number of hydrogen-bond acceptors (Lipinski definition) is 6. The van der Waals surface area contributed by atoms with Crippen LogP contribution < -0.4 is 11.1 Å². The molecule has 9 heteroatoms. The number of nitrogens with one attached hydrogen (secondary N) is 1. The van der Waals surface area contributed by atoms with Gasteiger partial charge in [0.2, 0.25) is 5.91 Å². The van der Waals surface area contributed by atoms with Crippen LogP contribution in [-0.4, -0.2) is 65.6 Å². The number of halogens is 1. The van der Waals surface area contributed by atoms with Gasteiger partial charge in [-0.05, 0) is 38.5 Å². The second-order valence-corrected chi connectivity index (χ2v) is 7.86. The van der Waals surface area contributed by atoms with Crippen LogP contribution in [0.25, 0.3) is 0 Å². The van der Waals surface area contributed by atoms with E-state index in [-0.39, 0.29) is 36.1 Å². The van der Waals surface area contributed by atoms with Gasteiger partial charge in [-0.2, -0.15) is 0 Å². The molecule has 0 bridgehead atoms. The van der Waals surface area contributed by atoms with E-state index in [0.29, 0.717) is 38.3 Å². The molecule has 3 N–H and O–H groups in total. The highest BCUT2D eigenvalue weighted by atomic mass is 127. The minimum Gasteiger partial charge on any atom is -0.444 e. The van der Waals surface area contributed by atoms with E-state index in [0.717, 1.165) is 11.5 Å². The topological polar surface area (TPSA) is 100 Å². The molecule has 1 unspecified atom stereocenters. The maximum Gasteiger partial charge on any atom is 0.410 e. The normalized spacial score (nSPS) is 18.7. The Labute approximate surface area is 182 Å². The fraction of sp³-hybridized carbons (Fsp3) is 0.526. The number of carbonyl (C=O) groups is 2. The number of piperazine rings is 1. The molecule has 2 aliphatic rings. The second-order valence-electron chi connectivity index (χ2n) is 7.86. The van der Waals surface area contributed by atoms with Crippen LogP contribution in [0.5, 0.6) is 0 Å². The number of amides is 2. The Bertz CT molecular complexity index is 762. The highest BCUT2D eigenvalue weighted by molar-refractivity contribution is 14.0. The van der Waals surface area contributed by atoms with Crippen molar-refractivity contribution >= 4 is 41.9 Å². The summed E-state index contributed by atoms with van der Waals surface area (Å²) >= 11 is 0. The van der Waals surface area contributed by atoms with Crippen molar-refractivity contribution in [1.82, 2.24) is 15.1 Å². The Kier molecular flexibility index (Phi) is 7.13. The summed E-state index contributed by atoms with van der Waals surface area (Å²) in [5.74, 6) is 0.390. The van der Waals surface area contributed by atoms with Gasteiger partial charge in [-0.15, -0.1) is 24.0 Å². The Morgan fingerprint density at radius 1 is 1.32 bits per heavy atom. The number of aliphatic imine (C=N–C) groups is 1. The second kappa shape index (κ2) is 8.97. The molecule has 1 atom stereocenters. The lowest BCUT2D eigenvalue weighted by molar-refractivity contribution is 0.0137. The summed E-state index contributed by atoms with van der Waals surface area (Å²) in [5, 5.41) is 3.33. The molecule has 3 rings (SSSR count). The molecule has 0 radical (unpaired) electrons. The molecule has 2 amide bonds. The van der Waals surface area contributed by atoms with Crippen molar-refractivity contribution in [3.8, 4) is 0 Å². The lowest BCUT2D eigenvalue weighted by Crippen LogP contribution is -2.57. The summed E-state index contributed by atoms with van der Waals surface area (Å²) in [6.45, 7) is 8.71. The molecule has 154 valence electrons. The zero-order valence-corrected chi connectivity index (χ0v) is 18.8. The fourth-order valence-electron chi connectivity index (χ4n) is 3.24. The summed E-state index contributed by atoms with van der Waals surface area (Å²) in [4.78, 5) is 32.1. The Morgan fingerprint density at radius 2 is 2.07 bits per heavy atom. The molecule has 2 heterocycles. The minimum atomic E-state index is -0.493. The number of ether oxygens (including phenoxy) is 1. The molecule has 1 saturated heterocycles. The number of primary amides is 1. The third-order valence-corrected chi connectivity index (χ3v) is 4.52. The Hall–Kier alpha value is -2.04. The van der Waals surface area contributed by atoms with Crippen LogP contribution in [0.4, 0.5) is 4.79 Å². The molecule has 8 nitrogen and oxygen atoms in total. The summed E-state index contributed by atoms with van der Waals surface area (Å²) < 4.78 is 5.47. The number of nitrogens with zero attached hydrogens (tertiary/aromatic N) is 3. The van der Waals surface area contributed by atoms with Crippen LogP contribution in [0, 0.1) is 0 Å². The zero-order chi connectivity index (χ0) is 19.6. The SMILES string of the molecule is CC(C)(C)OC(=O)N1CCN2C(NCc3cccc(C(N)=O)c3)=NCC2C1.I. The highest BCUT2D eigenvalue weighted by Crippen LogP contribution is 2.19. The van der Waals surface area contributed by atoms with E-state index in [2.05, 4.69) is 15.2 Å². The van der Waals surface area contributed by atoms with Gasteiger partial charge in [-0.3, -0.25) is 9.79 Å². The lowest BCUT2D eigenvalue weighted by atomic mass is 10.1. The van der Waals surface area contributed by atoms with E-state index in [1.807, 2.05) is 32.9 Å². The van der Waals surface area contributed by atoms with E-state index in [1.54, 1.807) is 17.0 Å². The van der Waals surface area contributed by atoms with E-state index in [9.17, 15) is 9.59 Å². The van der Waals surface area contributed by atoms with Crippen LogP contribution in [0.3, 0.4) is 0 Å². The predicted molar refractivity (Wildman–Crippen MR) is 118 cm³/mol. The van der Waals surface area contributed by atoms with Crippen molar-refractivity contribution in [2.45, 2.75) is 39.0 Å². The van der Waals surface area contributed by atoms with Crippen LogP contribution in [0.15, 0.2) is 29.3 Å². The van der Waals surface area contributed by atoms with Crippen LogP contribution >= 0.6 is 24.0 Å². The molecule has 2 aliphatic heterocycles. The van der Waals surface area contributed by atoms with E-state index in [4.69, 9.17) is 10.5 Å². The molecule has 0 aromatic heterocycles. The molecule has 1 fully saturated rings. The van der Waals surface area contributed by atoms with Crippen molar-refractivity contribution < 1.29 is 14.3 Å². The third-order valence-electron chi connectivity index (χ3n) is 4.52. The first kappa shape index (κ1) is 22.3. The highest BCUT2D eigenvalue weighted by Gasteiger charge is 2.36. The van der Waals surface area contributed by atoms with Gasteiger partial charge >= 0.3 is 6.09 Å². The quantitative estimate of drug-likeness (QED) is 0.616. The maximum absolute atomic E-state index is 12.3. The van der Waals surface area contributed by atoms with E-state index < -0.39 is 11.5 Å². The average Bonchev–Trinajstić information content (AvgIpc) is 3.01. The first-order valence-electron chi connectivity index (χ1n) is 9.14. The standard InChI is InChI=1S/C19H27N5O3.HI/c1-19(2,3)27-18(26)23-7-8-24-15(12-23)11-22-17(24)21-10-13-5-4-6-14(9-13)16(20)25;/h4-6,9,15H,7-8,10-12H2,1-3H3,(H2,20,25)(H,21,22);1H. The number of hydrogen-bond donors (Lipinski definition) is 2. The largest absolute Gasteiger partial charge is 0.444 e. The number of fused-ring (bicyclic) bond motifs is 1. The molecule has 1 aromatic rings. The van der Waals surface area contributed by atoms with Crippen LogP contribution in [0.2, 0.25) is 0 Å². The van der Waals surface area contributed by atoms with Gasteiger partial charge in [-0.1, -0.05) is 12.1 Å². The molecule has 0 aliphatic carbocycles. The van der Waals surface area contributed by atoms with Crippen molar-refractivity contribution in [3.63, 3.8) is 0 Å². The molecule has 0 saturated carbocycles. The van der Waals surface area contributed by atoms with Gasteiger partial charge in [0.25, 0.3) is 0 Å². The molecule has 1 aromatic carbocycles. The zero-order valence-electron chi connectivity index (χ0n) is 16.5. The smallest absolute Gasteiger partial charge is 0.410 e. The molecule has 0 spiro atoms. The van der Waals surface area contributed by atoms with Gasteiger partial charge in [0.15, 0.2) is 5.96 Å². The number of rotatable bonds is 3. The van der Waals surface area contributed by atoms with Crippen molar-refractivity contribution in [1.29, 1.82) is 0 Å². The van der Waals surface area contributed by atoms with E-state index >= 15 is 0 Å². The van der Waals surface area contributed by atoms with Gasteiger partial charge in [-0.25, -0.2) is 4.79 Å². The molecular formula is C19H28IN5O3. The third kappa shape index (κ3) is 5.49. The fourth-order valence-corrected chi connectivity index (χ4v) is 3.24. The average molecular weight is 501 g/mol.